The quantitative estimate of drug-likeness (QED) is 0.934. The van der Waals surface area contributed by atoms with Crippen molar-refractivity contribution in [2.24, 2.45) is 0 Å². The number of rotatable bonds is 4. The van der Waals surface area contributed by atoms with Crippen LogP contribution >= 0.6 is 15.9 Å². The molecular weight excluding hydrogens is 311 g/mol. The fourth-order valence-electron chi connectivity index (χ4n) is 1.54. The van der Waals surface area contributed by atoms with E-state index in [0.29, 0.717) is 11.5 Å². The highest BCUT2D eigenvalue weighted by Gasteiger charge is 2.11. The predicted octanol–water partition coefficient (Wildman–Crippen LogP) is 3.57. The van der Waals surface area contributed by atoms with Crippen LogP contribution in [0.25, 0.3) is 11.5 Å². The van der Waals surface area contributed by atoms with Gasteiger partial charge < -0.3 is 5.32 Å². The highest BCUT2D eigenvalue weighted by molar-refractivity contribution is 9.10. The molecule has 0 aliphatic carbocycles. The van der Waals surface area contributed by atoms with Crippen LogP contribution in [0, 0.1) is 12.7 Å². The van der Waals surface area contributed by atoms with Gasteiger partial charge >= 0.3 is 0 Å². The van der Waals surface area contributed by atoms with Gasteiger partial charge in [-0.1, -0.05) is 6.92 Å². The maximum Gasteiger partial charge on any atom is 0.180 e. The van der Waals surface area contributed by atoms with E-state index in [0.717, 1.165) is 35.1 Å². The first-order chi connectivity index (χ1) is 9.11. The van der Waals surface area contributed by atoms with E-state index in [1.165, 1.54) is 6.07 Å². The van der Waals surface area contributed by atoms with E-state index in [9.17, 15) is 4.39 Å². The van der Waals surface area contributed by atoms with Gasteiger partial charge in [-0.3, -0.25) is 0 Å². The number of hydrogen-bond acceptors (Lipinski definition) is 4. The summed E-state index contributed by atoms with van der Waals surface area (Å²) >= 11 is 3.46. The first-order valence-electron chi connectivity index (χ1n) is 6.01. The number of halogens is 2. The average molecular weight is 325 g/mol. The lowest BCUT2D eigenvalue weighted by Crippen LogP contribution is -2.06. The van der Waals surface area contributed by atoms with E-state index in [1.54, 1.807) is 6.07 Å². The largest absolute Gasteiger partial charge is 0.369 e. The summed E-state index contributed by atoms with van der Waals surface area (Å²) in [4.78, 5) is 12.8. The molecule has 0 amide bonds. The Balaban J connectivity index is 2.40. The SMILES string of the molecule is CCCNc1nc(-c2ccc(F)cn2)nc(C)c1Br. The van der Waals surface area contributed by atoms with Gasteiger partial charge in [0.2, 0.25) is 0 Å². The number of pyridine rings is 1. The first-order valence-corrected chi connectivity index (χ1v) is 6.81. The Kier molecular flexibility index (Phi) is 4.42. The van der Waals surface area contributed by atoms with Gasteiger partial charge in [0.25, 0.3) is 0 Å². The van der Waals surface area contributed by atoms with E-state index < -0.39 is 0 Å². The molecule has 2 aromatic rings. The van der Waals surface area contributed by atoms with Crippen LogP contribution in [0.4, 0.5) is 10.2 Å². The van der Waals surface area contributed by atoms with Crippen molar-refractivity contribution in [2.75, 3.05) is 11.9 Å². The molecule has 1 N–H and O–H groups in total. The van der Waals surface area contributed by atoms with Crippen molar-refractivity contribution in [1.29, 1.82) is 0 Å². The number of aryl methyl sites for hydroxylation is 1. The standard InChI is InChI=1S/C13H14BrFN4/c1-3-6-16-13-11(14)8(2)18-12(19-13)10-5-4-9(15)7-17-10/h4-5,7H,3,6H2,1-2H3,(H,16,18,19). The zero-order valence-electron chi connectivity index (χ0n) is 10.7. The summed E-state index contributed by atoms with van der Waals surface area (Å²) in [5, 5.41) is 3.23. The highest BCUT2D eigenvalue weighted by atomic mass is 79.9. The monoisotopic (exact) mass is 324 g/mol. The van der Waals surface area contributed by atoms with Gasteiger partial charge in [0.1, 0.15) is 17.3 Å². The zero-order valence-corrected chi connectivity index (χ0v) is 12.3. The van der Waals surface area contributed by atoms with Crippen LogP contribution in [0.3, 0.4) is 0 Å². The molecule has 0 unspecified atom stereocenters. The van der Waals surface area contributed by atoms with Crippen LogP contribution in [0.1, 0.15) is 19.0 Å². The van der Waals surface area contributed by atoms with E-state index in [4.69, 9.17) is 0 Å². The van der Waals surface area contributed by atoms with Crippen molar-refractivity contribution in [3.05, 3.63) is 34.3 Å². The molecule has 0 aliphatic heterocycles. The molecular formula is C13H14BrFN4. The van der Waals surface area contributed by atoms with Crippen molar-refractivity contribution >= 4 is 21.7 Å². The van der Waals surface area contributed by atoms with Crippen molar-refractivity contribution in [2.45, 2.75) is 20.3 Å². The second-order valence-electron chi connectivity index (χ2n) is 4.08. The molecule has 2 heterocycles. The Hall–Kier alpha value is -1.56. The molecule has 6 heteroatoms. The fourth-order valence-corrected chi connectivity index (χ4v) is 1.86. The van der Waals surface area contributed by atoms with Gasteiger partial charge in [0, 0.05) is 6.54 Å². The number of nitrogens with zero attached hydrogens (tertiary/aromatic N) is 3. The third kappa shape index (κ3) is 3.26. The Labute approximate surface area is 119 Å². The summed E-state index contributed by atoms with van der Waals surface area (Å²) in [6.45, 7) is 4.79. The van der Waals surface area contributed by atoms with Gasteiger partial charge in [-0.15, -0.1) is 0 Å². The molecule has 0 radical (unpaired) electrons. The lowest BCUT2D eigenvalue weighted by Gasteiger charge is -2.10. The van der Waals surface area contributed by atoms with Crippen molar-refractivity contribution in [3.63, 3.8) is 0 Å². The maximum atomic E-state index is 12.9. The highest BCUT2D eigenvalue weighted by Crippen LogP contribution is 2.26. The normalized spacial score (nSPS) is 10.5. The predicted molar refractivity (Wildman–Crippen MR) is 76.4 cm³/mol. The fraction of sp³-hybridized carbons (Fsp3) is 0.308. The Bertz CT molecular complexity index is 572. The van der Waals surface area contributed by atoms with Crippen molar-refractivity contribution < 1.29 is 4.39 Å². The third-order valence-corrected chi connectivity index (χ3v) is 3.47. The van der Waals surface area contributed by atoms with Crippen molar-refractivity contribution in [1.82, 2.24) is 15.0 Å². The Morgan fingerprint density at radius 2 is 2.11 bits per heavy atom. The van der Waals surface area contributed by atoms with Crippen LogP contribution in [0.5, 0.6) is 0 Å². The summed E-state index contributed by atoms with van der Waals surface area (Å²) in [7, 11) is 0. The van der Waals surface area contributed by atoms with Crippen LogP contribution in [0.2, 0.25) is 0 Å². The van der Waals surface area contributed by atoms with Gasteiger partial charge in [0.15, 0.2) is 5.82 Å². The lowest BCUT2D eigenvalue weighted by molar-refractivity contribution is 0.621. The molecule has 19 heavy (non-hydrogen) atoms. The topological polar surface area (TPSA) is 50.7 Å². The Morgan fingerprint density at radius 1 is 1.32 bits per heavy atom. The average Bonchev–Trinajstić information content (AvgIpc) is 2.41. The summed E-state index contributed by atoms with van der Waals surface area (Å²) in [5.41, 5.74) is 1.37. The molecule has 2 rings (SSSR count). The second-order valence-corrected chi connectivity index (χ2v) is 4.88. The molecule has 100 valence electrons. The number of hydrogen-bond donors (Lipinski definition) is 1. The van der Waals surface area contributed by atoms with Crippen LogP contribution in [0.15, 0.2) is 22.8 Å². The molecule has 0 spiro atoms. The summed E-state index contributed by atoms with van der Waals surface area (Å²) in [5.74, 6) is 0.844. The minimum absolute atomic E-state index is 0.373. The minimum atomic E-state index is -0.373. The molecule has 0 fully saturated rings. The van der Waals surface area contributed by atoms with Gasteiger partial charge in [-0.25, -0.2) is 19.3 Å². The first kappa shape index (κ1) is 13.9. The third-order valence-electron chi connectivity index (χ3n) is 2.52. The lowest BCUT2D eigenvalue weighted by atomic mass is 10.3. The van der Waals surface area contributed by atoms with Crippen LogP contribution in [-0.2, 0) is 0 Å². The maximum absolute atomic E-state index is 12.9. The molecule has 0 bridgehead atoms. The molecule has 0 saturated heterocycles. The molecule has 0 atom stereocenters. The smallest absolute Gasteiger partial charge is 0.180 e. The molecule has 0 aromatic carbocycles. The molecule has 4 nitrogen and oxygen atoms in total. The van der Waals surface area contributed by atoms with Gasteiger partial charge in [0.05, 0.1) is 16.4 Å². The van der Waals surface area contributed by atoms with Crippen LogP contribution < -0.4 is 5.32 Å². The molecule has 0 aliphatic rings. The Morgan fingerprint density at radius 3 is 2.74 bits per heavy atom. The van der Waals surface area contributed by atoms with Crippen molar-refractivity contribution in [3.8, 4) is 11.5 Å². The minimum Gasteiger partial charge on any atom is -0.369 e. The summed E-state index contributed by atoms with van der Waals surface area (Å²) in [6, 6.07) is 2.92. The van der Waals surface area contributed by atoms with E-state index in [1.807, 2.05) is 6.92 Å². The van der Waals surface area contributed by atoms with Gasteiger partial charge in [-0.05, 0) is 41.4 Å². The zero-order chi connectivity index (χ0) is 13.8. The van der Waals surface area contributed by atoms with E-state index >= 15 is 0 Å². The molecule has 2 aromatic heterocycles. The van der Waals surface area contributed by atoms with E-state index in [2.05, 4.69) is 43.1 Å². The van der Waals surface area contributed by atoms with Gasteiger partial charge in [-0.2, -0.15) is 0 Å². The number of nitrogens with one attached hydrogen (secondary N) is 1. The van der Waals surface area contributed by atoms with Crippen LogP contribution in [-0.4, -0.2) is 21.5 Å². The summed E-state index contributed by atoms with van der Waals surface area (Å²) < 4.78 is 13.7. The number of anilines is 1. The number of aromatic nitrogens is 3. The molecule has 0 saturated carbocycles. The summed E-state index contributed by atoms with van der Waals surface area (Å²) in [6.07, 6.45) is 2.16. The van der Waals surface area contributed by atoms with E-state index in [-0.39, 0.29) is 5.82 Å². The second kappa shape index (κ2) is 6.06.